The molecule has 3 aromatic rings. The predicted molar refractivity (Wildman–Crippen MR) is 147 cm³/mol. The number of amides is 1. The Morgan fingerprint density at radius 1 is 1.11 bits per heavy atom. The third kappa shape index (κ3) is 6.74. The second-order valence-corrected chi connectivity index (χ2v) is 10.3. The highest BCUT2D eigenvalue weighted by molar-refractivity contribution is 6.33. The van der Waals surface area contributed by atoms with Crippen LogP contribution in [0.5, 0.6) is 5.75 Å². The van der Waals surface area contributed by atoms with E-state index in [1.54, 1.807) is 18.1 Å². The molecule has 1 fully saturated rings. The first-order valence-corrected chi connectivity index (χ1v) is 12.6. The van der Waals surface area contributed by atoms with Crippen molar-refractivity contribution in [2.45, 2.75) is 45.1 Å². The Bertz CT molecular complexity index is 1260. The van der Waals surface area contributed by atoms with Crippen molar-refractivity contribution in [2.75, 3.05) is 36.6 Å². The summed E-state index contributed by atoms with van der Waals surface area (Å²) >= 11 is 6.31. The average molecular weight is 525 g/mol. The van der Waals surface area contributed by atoms with Gasteiger partial charge in [0.05, 0.1) is 30.4 Å². The zero-order chi connectivity index (χ0) is 26.6. The Hall–Kier alpha value is -3.72. The Kier molecular flexibility index (Phi) is 7.92. The zero-order valence-corrected chi connectivity index (χ0v) is 22.3. The summed E-state index contributed by atoms with van der Waals surface area (Å²) in [4.78, 5) is 23.0. The number of para-hydroxylation sites is 2. The molecule has 196 valence electrons. The number of nitrogens with two attached hydrogens (primary N) is 1. The minimum atomic E-state index is -0.496. The molecule has 1 aromatic heterocycles. The second kappa shape index (κ2) is 11.1. The van der Waals surface area contributed by atoms with Gasteiger partial charge in [0.15, 0.2) is 5.82 Å². The molecular formula is C27H33ClN6O3. The average Bonchev–Trinajstić information content (AvgIpc) is 2.86. The fourth-order valence-corrected chi connectivity index (χ4v) is 4.30. The van der Waals surface area contributed by atoms with Crippen molar-refractivity contribution in [3.63, 3.8) is 0 Å². The molecule has 2 heterocycles. The lowest BCUT2D eigenvalue weighted by atomic mass is 9.89. The van der Waals surface area contributed by atoms with E-state index in [9.17, 15) is 4.79 Å². The number of carbonyl (C=O) groups excluding carboxylic acids is 1. The van der Waals surface area contributed by atoms with Crippen LogP contribution in [0.3, 0.4) is 0 Å². The van der Waals surface area contributed by atoms with Crippen molar-refractivity contribution in [1.82, 2.24) is 14.9 Å². The van der Waals surface area contributed by atoms with Gasteiger partial charge in [-0.1, -0.05) is 29.8 Å². The normalized spacial score (nSPS) is 14.2. The van der Waals surface area contributed by atoms with Crippen LogP contribution < -0.4 is 21.1 Å². The van der Waals surface area contributed by atoms with E-state index in [2.05, 4.69) is 26.7 Å². The van der Waals surface area contributed by atoms with Gasteiger partial charge in [-0.05, 0) is 69.4 Å². The molecule has 4 N–H and O–H groups in total. The second-order valence-electron chi connectivity index (χ2n) is 9.93. The number of anilines is 5. The first-order valence-electron chi connectivity index (χ1n) is 12.2. The van der Waals surface area contributed by atoms with E-state index >= 15 is 0 Å². The Labute approximate surface area is 222 Å². The summed E-state index contributed by atoms with van der Waals surface area (Å²) < 4.78 is 11.2. The maximum absolute atomic E-state index is 12.4. The Morgan fingerprint density at radius 3 is 2.51 bits per heavy atom. The molecule has 0 atom stereocenters. The first-order chi connectivity index (χ1) is 17.6. The number of piperidine rings is 1. The maximum Gasteiger partial charge on any atom is 0.410 e. The van der Waals surface area contributed by atoms with Crippen molar-refractivity contribution < 1.29 is 14.3 Å². The topological polar surface area (TPSA) is 115 Å². The fourth-order valence-electron chi connectivity index (χ4n) is 4.16. The van der Waals surface area contributed by atoms with Crippen molar-refractivity contribution >= 4 is 46.5 Å². The molecule has 1 aliphatic rings. The highest BCUT2D eigenvalue weighted by Gasteiger charge is 2.28. The monoisotopic (exact) mass is 524 g/mol. The third-order valence-electron chi connectivity index (χ3n) is 6.05. The number of nitrogens with zero attached hydrogens (tertiary/aromatic N) is 3. The molecule has 4 rings (SSSR count). The van der Waals surface area contributed by atoms with E-state index in [0.717, 1.165) is 24.1 Å². The van der Waals surface area contributed by atoms with Crippen molar-refractivity contribution in [2.24, 2.45) is 0 Å². The van der Waals surface area contributed by atoms with Gasteiger partial charge in [-0.2, -0.15) is 4.98 Å². The van der Waals surface area contributed by atoms with Crippen LogP contribution in [0.1, 0.15) is 45.1 Å². The van der Waals surface area contributed by atoms with Crippen LogP contribution in [0.2, 0.25) is 5.02 Å². The molecule has 1 amide bonds. The molecule has 1 saturated heterocycles. The zero-order valence-electron chi connectivity index (χ0n) is 21.5. The molecule has 37 heavy (non-hydrogen) atoms. The summed E-state index contributed by atoms with van der Waals surface area (Å²) in [5.41, 5.74) is 8.71. The molecule has 0 saturated carbocycles. The smallest absolute Gasteiger partial charge is 0.410 e. The SMILES string of the molecule is COc1cc(C2CCN(C(=O)OC(C)(C)C)CC2)ccc1Nc1ncc(Cl)c(Nc2ccccc2N)n1. The standard InChI is InChI=1S/C27H33ClN6O3/c1-27(2,3)37-26(35)34-13-11-17(12-14-34)18-9-10-22(23(15-18)36-4)32-25-30-16-19(28)24(33-25)31-21-8-6-5-7-20(21)29/h5-10,15-17H,11-14,29H2,1-4H3,(H2,30,31,32,33). The molecular weight excluding hydrogens is 492 g/mol. The quantitative estimate of drug-likeness (QED) is 0.321. The first kappa shape index (κ1) is 26.3. The van der Waals surface area contributed by atoms with Gasteiger partial charge in [0, 0.05) is 13.1 Å². The summed E-state index contributed by atoms with van der Waals surface area (Å²) in [5.74, 6) is 1.79. The minimum absolute atomic E-state index is 0.255. The van der Waals surface area contributed by atoms with E-state index in [1.807, 2.05) is 51.1 Å². The van der Waals surface area contributed by atoms with Gasteiger partial charge in [0.1, 0.15) is 16.4 Å². The number of nitrogens with one attached hydrogen (secondary N) is 2. The van der Waals surface area contributed by atoms with Gasteiger partial charge in [-0.25, -0.2) is 9.78 Å². The molecule has 0 unspecified atom stereocenters. The number of hydrogen-bond donors (Lipinski definition) is 3. The third-order valence-corrected chi connectivity index (χ3v) is 6.32. The van der Waals surface area contributed by atoms with Crippen molar-refractivity contribution in [1.29, 1.82) is 0 Å². The lowest BCUT2D eigenvalue weighted by Gasteiger charge is -2.33. The Balaban J connectivity index is 1.44. The molecule has 2 aromatic carbocycles. The van der Waals surface area contributed by atoms with E-state index in [1.165, 1.54) is 6.20 Å². The number of rotatable bonds is 6. The summed E-state index contributed by atoms with van der Waals surface area (Å²) in [7, 11) is 1.63. The van der Waals surface area contributed by atoms with E-state index in [4.69, 9.17) is 26.8 Å². The molecule has 0 bridgehead atoms. The molecule has 10 heteroatoms. The summed E-state index contributed by atoms with van der Waals surface area (Å²) in [6.45, 7) is 6.95. The number of hydrogen-bond acceptors (Lipinski definition) is 8. The highest BCUT2D eigenvalue weighted by atomic mass is 35.5. The van der Waals surface area contributed by atoms with Crippen LogP contribution in [0, 0.1) is 0 Å². The number of likely N-dealkylation sites (tertiary alicyclic amines) is 1. The van der Waals surface area contributed by atoms with Crippen molar-refractivity contribution in [3.05, 3.63) is 59.2 Å². The summed E-state index contributed by atoms with van der Waals surface area (Å²) in [6.07, 6.45) is 2.98. The van der Waals surface area contributed by atoms with Crippen LogP contribution in [-0.4, -0.2) is 46.8 Å². The molecule has 0 spiro atoms. The highest BCUT2D eigenvalue weighted by Crippen LogP contribution is 2.35. The van der Waals surface area contributed by atoms with Gasteiger partial charge in [-0.15, -0.1) is 0 Å². The Morgan fingerprint density at radius 2 is 1.84 bits per heavy atom. The van der Waals surface area contributed by atoms with Crippen LogP contribution >= 0.6 is 11.6 Å². The minimum Gasteiger partial charge on any atom is -0.495 e. The van der Waals surface area contributed by atoms with Gasteiger partial charge >= 0.3 is 6.09 Å². The molecule has 0 radical (unpaired) electrons. The van der Waals surface area contributed by atoms with Crippen LogP contribution in [0.25, 0.3) is 0 Å². The maximum atomic E-state index is 12.4. The number of methoxy groups -OCH3 is 1. The van der Waals surface area contributed by atoms with Crippen molar-refractivity contribution in [3.8, 4) is 5.75 Å². The van der Waals surface area contributed by atoms with Gasteiger partial charge in [-0.3, -0.25) is 0 Å². The molecule has 1 aliphatic heterocycles. The van der Waals surface area contributed by atoms with Gasteiger partial charge < -0.3 is 30.7 Å². The largest absolute Gasteiger partial charge is 0.495 e. The summed E-state index contributed by atoms with van der Waals surface area (Å²) in [5, 5.41) is 6.74. The number of nitrogen functional groups attached to an aromatic ring is 1. The van der Waals surface area contributed by atoms with Crippen LogP contribution in [0.15, 0.2) is 48.7 Å². The fraction of sp³-hybridized carbons (Fsp3) is 0.370. The van der Waals surface area contributed by atoms with E-state index in [-0.39, 0.29) is 6.09 Å². The van der Waals surface area contributed by atoms with Gasteiger partial charge in [0.2, 0.25) is 5.95 Å². The number of carbonyl (C=O) groups is 1. The van der Waals surface area contributed by atoms with Crippen LogP contribution in [-0.2, 0) is 4.74 Å². The summed E-state index contributed by atoms with van der Waals surface area (Å²) in [6, 6.07) is 13.4. The van der Waals surface area contributed by atoms with E-state index < -0.39 is 5.60 Å². The van der Waals surface area contributed by atoms with Gasteiger partial charge in [0.25, 0.3) is 0 Å². The lowest BCUT2D eigenvalue weighted by molar-refractivity contribution is 0.0205. The van der Waals surface area contributed by atoms with Crippen LogP contribution in [0.4, 0.5) is 33.6 Å². The number of aromatic nitrogens is 2. The number of benzene rings is 2. The lowest BCUT2D eigenvalue weighted by Crippen LogP contribution is -2.41. The van der Waals surface area contributed by atoms with E-state index in [0.29, 0.717) is 52.9 Å². The number of ether oxygens (including phenoxy) is 2. The molecule has 9 nitrogen and oxygen atoms in total. The molecule has 0 aliphatic carbocycles. The number of halogens is 1. The predicted octanol–water partition coefficient (Wildman–Crippen LogP) is 6.32.